The summed E-state index contributed by atoms with van der Waals surface area (Å²) >= 11 is 1.90. The van der Waals surface area contributed by atoms with Gasteiger partial charge in [-0.2, -0.15) is 0 Å². The first-order chi connectivity index (χ1) is 6.15. The molecule has 0 aliphatic carbocycles. The summed E-state index contributed by atoms with van der Waals surface area (Å²) in [6, 6.07) is 2.68. The summed E-state index contributed by atoms with van der Waals surface area (Å²) in [5.74, 6) is -1.38. The molecule has 0 fully saturated rings. The Morgan fingerprint density at radius 3 is 3.00 bits per heavy atom. The van der Waals surface area contributed by atoms with Crippen LogP contribution in [-0.2, 0) is 4.74 Å². The third-order valence-electron chi connectivity index (χ3n) is 1.28. The molecule has 1 aromatic rings. The Balaban J connectivity index is 2.99. The van der Waals surface area contributed by atoms with E-state index in [1.54, 1.807) is 6.92 Å². The van der Waals surface area contributed by atoms with Crippen LogP contribution in [-0.4, -0.2) is 17.6 Å². The first-order valence-corrected chi connectivity index (χ1v) is 4.72. The molecule has 0 spiro atoms. The molecule has 0 saturated carbocycles. The number of carbonyl (C=O) groups excluding carboxylic acids is 1. The second kappa shape index (κ2) is 4.50. The van der Waals surface area contributed by atoms with E-state index >= 15 is 0 Å². The predicted molar refractivity (Wildman–Crippen MR) is 52.9 cm³/mol. The molecule has 0 atom stereocenters. The van der Waals surface area contributed by atoms with Gasteiger partial charge in [0, 0.05) is 0 Å². The van der Waals surface area contributed by atoms with Gasteiger partial charge in [-0.1, -0.05) is 0 Å². The van der Waals surface area contributed by atoms with E-state index in [2.05, 4.69) is 9.72 Å². The van der Waals surface area contributed by atoms with Crippen molar-refractivity contribution in [2.45, 2.75) is 6.92 Å². The molecule has 1 heterocycles. The number of hydrogen-bond acceptors (Lipinski definition) is 3. The molecule has 13 heavy (non-hydrogen) atoms. The quantitative estimate of drug-likeness (QED) is 0.476. The highest BCUT2D eigenvalue weighted by atomic mass is 127. The molecule has 70 valence electrons. The van der Waals surface area contributed by atoms with Crippen molar-refractivity contribution in [3.63, 3.8) is 0 Å². The average Bonchev–Trinajstić information content (AvgIpc) is 2.09. The third kappa shape index (κ3) is 2.61. The van der Waals surface area contributed by atoms with Gasteiger partial charge in [-0.05, 0) is 41.6 Å². The molecule has 0 N–H and O–H groups in total. The normalized spacial score (nSPS) is 9.77. The number of carbonyl (C=O) groups is 1. The Bertz CT molecular complexity index is 330. The molecule has 3 nitrogen and oxygen atoms in total. The number of rotatable bonds is 2. The largest absolute Gasteiger partial charge is 0.461 e. The van der Waals surface area contributed by atoms with E-state index < -0.39 is 11.8 Å². The zero-order chi connectivity index (χ0) is 9.84. The number of nitrogens with zero attached hydrogens (tertiary/aromatic N) is 1. The van der Waals surface area contributed by atoms with Crippen LogP contribution in [0.5, 0.6) is 0 Å². The van der Waals surface area contributed by atoms with Crippen LogP contribution in [0.2, 0.25) is 0 Å². The van der Waals surface area contributed by atoms with E-state index in [0.29, 0.717) is 3.70 Å². The van der Waals surface area contributed by atoms with Crippen LogP contribution in [0, 0.1) is 9.52 Å². The maximum absolute atomic E-state index is 13.0. The summed E-state index contributed by atoms with van der Waals surface area (Å²) in [6.07, 6.45) is 0. The van der Waals surface area contributed by atoms with Gasteiger partial charge in [-0.25, -0.2) is 14.2 Å². The maximum Gasteiger partial charge on any atom is 0.360 e. The highest BCUT2D eigenvalue weighted by molar-refractivity contribution is 14.1. The fraction of sp³-hybridized carbons (Fsp3) is 0.250. The monoisotopic (exact) mass is 295 g/mol. The Morgan fingerprint density at radius 2 is 2.38 bits per heavy atom. The minimum absolute atomic E-state index is 0.214. The standard InChI is InChI=1S/C8H7FINO2/c1-2-13-8(12)7-5(9)3-4-6(10)11-7/h3-4H,2H2,1H3. The van der Waals surface area contributed by atoms with Crippen molar-refractivity contribution in [3.8, 4) is 0 Å². The lowest BCUT2D eigenvalue weighted by atomic mass is 10.3. The van der Waals surface area contributed by atoms with Crippen molar-refractivity contribution in [2.24, 2.45) is 0 Å². The van der Waals surface area contributed by atoms with Crippen molar-refractivity contribution in [1.82, 2.24) is 4.98 Å². The molecule has 0 unspecified atom stereocenters. The summed E-state index contributed by atoms with van der Waals surface area (Å²) in [5.41, 5.74) is -0.256. The molecule has 0 aromatic carbocycles. The van der Waals surface area contributed by atoms with Crippen molar-refractivity contribution in [3.05, 3.63) is 27.3 Å². The Kier molecular flexibility index (Phi) is 3.58. The predicted octanol–water partition coefficient (Wildman–Crippen LogP) is 2.00. The van der Waals surface area contributed by atoms with Gasteiger partial charge in [0.25, 0.3) is 0 Å². The zero-order valence-corrected chi connectivity index (χ0v) is 9.04. The van der Waals surface area contributed by atoms with Gasteiger partial charge in [0.15, 0.2) is 11.5 Å². The van der Waals surface area contributed by atoms with E-state index in [-0.39, 0.29) is 12.3 Å². The first-order valence-electron chi connectivity index (χ1n) is 3.64. The highest BCUT2D eigenvalue weighted by Gasteiger charge is 2.14. The number of ether oxygens (including phenoxy) is 1. The van der Waals surface area contributed by atoms with E-state index in [1.807, 2.05) is 22.6 Å². The van der Waals surface area contributed by atoms with Crippen LogP contribution >= 0.6 is 22.6 Å². The van der Waals surface area contributed by atoms with Crippen LogP contribution in [0.4, 0.5) is 4.39 Å². The van der Waals surface area contributed by atoms with E-state index in [1.165, 1.54) is 12.1 Å². The Hall–Kier alpha value is -0.720. The molecule has 0 radical (unpaired) electrons. The molecule has 1 aromatic heterocycles. The minimum Gasteiger partial charge on any atom is -0.461 e. The number of hydrogen-bond donors (Lipinski definition) is 0. The first kappa shape index (κ1) is 10.4. The molecule has 0 amide bonds. The third-order valence-corrected chi connectivity index (χ3v) is 1.88. The highest BCUT2D eigenvalue weighted by Crippen LogP contribution is 2.08. The van der Waals surface area contributed by atoms with Gasteiger partial charge in [0.2, 0.25) is 0 Å². The van der Waals surface area contributed by atoms with Crippen molar-refractivity contribution < 1.29 is 13.9 Å². The van der Waals surface area contributed by atoms with Gasteiger partial charge in [-0.3, -0.25) is 0 Å². The SMILES string of the molecule is CCOC(=O)c1nc(I)ccc1F. The van der Waals surface area contributed by atoms with Crippen LogP contribution in [0.15, 0.2) is 12.1 Å². The summed E-state index contributed by atoms with van der Waals surface area (Å²) in [5, 5.41) is 0. The van der Waals surface area contributed by atoms with Crippen molar-refractivity contribution in [2.75, 3.05) is 6.61 Å². The molecular formula is C8H7FINO2. The van der Waals surface area contributed by atoms with Crippen molar-refractivity contribution >= 4 is 28.6 Å². The second-order valence-electron chi connectivity index (χ2n) is 2.18. The molecule has 1 rings (SSSR count). The Labute approximate surface area is 88.4 Å². The van der Waals surface area contributed by atoms with Gasteiger partial charge >= 0.3 is 5.97 Å². The number of pyridine rings is 1. The van der Waals surface area contributed by atoms with Gasteiger partial charge in [0.05, 0.1) is 6.61 Å². The van der Waals surface area contributed by atoms with Crippen molar-refractivity contribution in [1.29, 1.82) is 0 Å². The lowest BCUT2D eigenvalue weighted by Crippen LogP contribution is -2.10. The number of esters is 1. The summed E-state index contributed by atoms with van der Waals surface area (Å²) in [6.45, 7) is 1.87. The topological polar surface area (TPSA) is 39.2 Å². The van der Waals surface area contributed by atoms with Crippen LogP contribution in [0.1, 0.15) is 17.4 Å². The molecule has 0 aliphatic rings. The van der Waals surface area contributed by atoms with Gasteiger partial charge in [0.1, 0.15) is 3.70 Å². The molecule has 0 saturated heterocycles. The lowest BCUT2D eigenvalue weighted by molar-refractivity contribution is 0.0513. The van der Waals surface area contributed by atoms with E-state index in [9.17, 15) is 9.18 Å². The summed E-state index contributed by atoms with van der Waals surface area (Å²) < 4.78 is 18.2. The fourth-order valence-electron chi connectivity index (χ4n) is 0.761. The molecule has 0 aliphatic heterocycles. The van der Waals surface area contributed by atoms with E-state index in [4.69, 9.17) is 0 Å². The summed E-state index contributed by atoms with van der Waals surface area (Å²) in [4.78, 5) is 14.8. The fourth-order valence-corrected chi connectivity index (χ4v) is 1.18. The van der Waals surface area contributed by atoms with E-state index in [0.717, 1.165) is 0 Å². The maximum atomic E-state index is 13.0. The Morgan fingerprint density at radius 1 is 1.69 bits per heavy atom. The van der Waals surface area contributed by atoms with Crippen LogP contribution in [0.3, 0.4) is 0 Å². The molecule has 0 bridgehead atoms. The van der Waals surface area contributed by atoms with Crippen LogP contribution < -0.4 is 0 Å². The minimum atomic E-state index is -0.724. The van der Waals surface area contributed by atoms with Crippen LogP contribution in [0.25, 0.3) is 0 Å². The summed E-state index contributed by atoms with van der Waals surface area (Å²) in [7, 11) is 0. The van der Waals surface area contributed by atoms with Gasteiger partial charge in [-0.15, -0.1) is 0 Å². The lowest BCUT2D eigenvalue weighted by Gasteiger charge is -2.01. The number of aromatic nitrogens is 1. The smallest absolute Gasteiger partial charge is 0.360 e. The average molecular weight is 295 g/mol. The second-order valence-corrected chi connectivity index (χ2v) is 3.29. The van der Waals surface area contributed by atoms with Gasteiger partial charge < -0.3 is 4.74 Å². The molecular weight excluding hydrogens is 288 g/mol. The zero-order valence-electron chi connectivity index (χ0n) is 6.88. The number of halogens is 2. The molecule has 5 heteroatoms.